The fourth-order valence-corrected chi connectivity index (χ4v) is 3.67. The molecule has 4 N–H and O–H groups in total. The van der Waals surface area contributed by atoms with Crippen molar-refractivity contribution >= 4 is 31.6 Å². The van der Waals surface area contributed by atoms with Gasteiger partial charge in [0.2, 0.25) is 10.0 Å². The molecule has 0 bridgehead atoms. The van der Waals surface area contributed by atoms with E-state index in [9.17, 15) is 8.42 Å². The maximum absolute atomic E-state index is 12.2. The summed E-state index contributed by atoms with van der Waals surface area (Å²) in [5.74, 6) is 0. The first-order chi connectivity index (χ1) is 8.88. The minimum Gasteiger partial charge on any atom is -0.398 e. The van der Waals surface area contributed by atoms with Gasteiger partial charge in [0.25, 0.3) is 0 Å². The average Bonchev–Trinajstić information content (AvgIpc) is 3.07. The molecule has 0 radical (unpaired) electrons. The molecule has 1 saturated carbocycles. The highest BCUT2D eigenvalue weighted by atomic mass is 79.9. The van der Waals surface area contributed by atoms with E-state index in [0.717, 1.165) is 17.3 Å². The lowest BCUT2D eigenvalue weighted by atomic mass is 10.0. The number of aliphatic hydroxyl groups is 1. The smallest absolute Gasteiger partial charge is 0.242 e. The van der Waals surface area contributed by atoms with E-state index < -0.39 is 10.0 Å². The standard InChI is InChI=1S/C12H17BrN2O3S/c13-9-1-2-11(10(14)7-9)19(17,18)15-8-12(3-4-12)5-6-16/h1-2,7,15-16H,3-6,8,14H2. The third-order valence-electron chi connectivity index (χ3n) is 3.50. The van der Waals surface area contributed by atoms with E-state index in [2.05, 4.69) is 20.7 Å². The Hall–Kier alpha value is -0.630. The highest BCUT2D eigenvalue weighted by molar-refractivity contribution is 9.10. The summed E-state index contributed by atoms with van der Waals surface area (Å²) in [6.07, 6.45) is 2.53. The Morgan fingerprint density at radius 2 is 2.11 bits per heavy atom. The van der Waals surface area contributed by atoms with E-state index in [0.29, 0.717) is 13.0 Å². The number of benzene rings is 1. The summed E-state index contributed by atoms with van der Waals surface area (Å²) in [6, 6.07) is 4.69. The van der Waals surface area contributed by atoms with E-state index >= 15 is 0 Å². The van der Waals surface area contributed by atoms with Crippen molar-refractivity contribution in [3.63, 3.8) is 0 Å². The molecule has 7 heteroatoms. The number of hydrogen-bond donors (Lipinski definition) is 3. The minimum absolute atomic E-state index is 0.0635. The van der Waals surface area contributed by atoms with Gasteiger partial charge in [-0.2, -0.15) is 0 Å². The number of aliphatic hydroxyl groups excluding tert-OH is 1. The molecule has 2 rings (SSSR count). The normalized spacial score (nSPS) is 17.4. The fraction of sp³-hybridized carbons (Fsp3) is 0.500. The van der Waals surface area contributed by atoms with Gasteiger partial charge in [0, 0.05) is 17.6 Å². The lowest BCUT2D eigenvalue weighted by molar-refractivity contribution is 0.249. The first kappa shape index (κ1) is 14.8. The molecule has 1 fully saturated rings. The first-order valence-corrected chi connectivity index (χ1v) is 8.32. The highest BCUT2D eigenvalue weighted by Gasteiger charge is 2.42. The Balaban J connectivity index is 2.10. The summed E-state index contributed by atoms with van der Waals surface area (Å²) in [4.78, 5) is 0.0931. The van der Waals surface area contributed by atoms with Crippen LogP contribution in [0.2, 0.25) is 0 Å². The fourth-order valence-electron chi connectivity index (χ4n) is 2.02. The second-order valence-corrected chi connectivity index (χ2v) is 7.63. The van der Waals surface area contributed by atoms with Gasteiger partial charge in [-0.15, -0.1) is 0 Å². The summed E-state index contributed by atoms with van der Waals surface area (Å²) in [7, 11) is -3.60. The molecule has 0 spiro atoms. The van der Waals surface area contributed by atoms with Crippen LogP contribution in [0.25, 0.3) is 0 Å². The van der Waals surface area contributed by atoms with Crippen molar-refractivity contribution in [2.45, 2.75) is 24.2 Å². The predicted molar refractivity (Wildman–Crippen MR) is 77.1 cm³/mol. The van der Waals surface area contributed by atoms with Gasteiger partial charge in [0.1, 0.15) is 4.90 Å². The van der Waals surface area contributed by atoms with Gasteiger partial charge in [-0.1, -0.05) is 15.9 Å². The van der Waals surface area contributed by atoms with E-state index in [1.54, 1.807) is 12.1 Å². The number of hydrogen-bond acceptors (Lipinski definition) is 4. The van der Waals surface area contributed by atoms with Gasteiger partial charge >= 0.3 is 0 Å². The molecule has 0 aromatic heterocycles. The van der Waals surface area contributed by atoms with Crippen LogP contribution in [0.3, 0.4) is 0 Å². The molecule has 1 aliphatic rings. The Bertz CT molecular complexity index is 570. The number of anilines is 1. The largest absolute Gasteiger partial charge is 0.398 e. The van der Waals surface area contributed by atoms with Crippen LogP contribution in [-0.4, -0.2) is 26.7 Å². The zero-order valence-electron chi connectivity index (χ0n) is 10.4. The van der Waals surface area contributed by atoms with Crippen molar-refractivity contribution in [2.75, 3.05) is 18.9 Å². The molecule has 1 aromatic carbocycles. The van der Waals surface area contributed by atoms with Gasteiger partial charge in [0.15, 0.2) is 0 Å². The number of nitrogen functional groups attached to an aromatic ring is 1. The topological polar surface area (TPSA) is 92.4 Å². The first-order valence-electron chi connectivity index (χ1n) is 6.04. The maximum atomic E-state index is 12.2. The molecular weight excluding hydrogens is 332 g/mol. The third kappa shape index (κ3) is 3.47. The van der Waals surface area contributed by atoms with Crippen LogP contribution in [-0.2, 0) is 10.0 Å². The molecule has 5 nitrogen and oxygen atoms in total. The van der Waals surface area contributed by atoms with Gasteiger partial charge in [-0.3, -0.25) is 0 Å². The van der Waals surface area contributed by atoms with Gasteiger partial charge in [0.05, 0.1) is 5.69 Å². The molecule has 0 amide bonds. The zero-order valence-corrected chi connectivity index (χ0v) is 12.8. The number of halogens is 1. The minimum atomic E-state index is -3.60. The number of nitrogens with one attached hydrogen (secondary N) is 1. The van der Waals surface area contributed by atoms with Crippen LogP contribution in [0.4, 0.5) is 5.69 Å². The lowest BCUT2D eigenvalue weighted by Crippen LogP contribution is -2.31. The highest BCUT2D eigenvalue weighted by Crippen LogP contribution is 2.48. The van der Waals surface area contributed by atoms with Crippen molar-refractivity contribution in [2.24, 2.45) is 5.41 Å². The Kier molecular flexibility index (Phi) is 4.20. The molecule has 19 heavy (non-hydrogen) atoms. The van der Waals surface area contributed by atoms with Crippen LogP contribution in [0.5, 0.6) is 0 Å². The number of sulfonamides is 1. The van der Waals surface area contributed by atoms with Crippen LogP contribution in [0.15, 0.2) is 27.6 Å². The molecule has 106 valence electrons. The van der Waals surface area contributed by atoms with Crippen LogP contribution >= 0.6 is 15.9 Å². The predicted octanol–water partition coefficient (Wildman–Crippen LogP) is 1.47. The molecule has 0 saturated heterocycles. The van der Waals surface area contributed by atoms with Crippen molar-refractivity contribution in [1.82, 2.24) is 4.72 Å². The van der Waals surface area contributed by atoms with Crippen LogP contribution in [0, 0.1) is 5.41 Å². The van der Waals surface area contributed by atoms with Crippen molar-refractivity contribution in [1.29, 1.82) is 0 Å². The SMILES string of the molecule is Nc1cc(Br)ccc1S(=O)(=O)NCC1(CCO)CC1. The van der Waals surface area contributed by atoms with E-state index in [1.807, 2.05) is 0 Å². The molecular formula is C12H17BrN2O3S. The van der Waals surface area contributed by atoms with E-state index in [-0.39, 0.29) is 22.6 Å². The van der Waals surface area contributed by atoms with Gasteiger partial charge in [-0.05, 0) is 42.9 Å². The summed E-state index contributed by atoms with van der Waals surface area (Å²) in [6.45, 7) is 0.438. The summed E-state index contributed by atoms with van der Waals surface area (Å²) in [5.41, 5.74) is 5.88. The second-order valence-electron chi connectivity index (χ2n) is 4.98. The Morgan fingerprint density at radius 1 is 1.42 bits per heavy atom. The second kappa shape index (κ2) is 5.40. The third-order valence-corrected chi connectivity index (χ3v) is 5.47. The Labute approximate surface area is 121 Å². The lowest BCUT2D eigenvalue weighted by Gasteiger charge is -2.15. The molecule has 1 aliphatic carbocycles. The van der Waals surface area contributed by atoms with Crippen LogP contribution < -0.4 is 10.5 Å². The number of nitrogens with two attached hydrogens (primary N) is 1. The molecule has 0 atom stereocenters. The van der Waals surface area contributed by atoms with Crippen LogP contribution in [0.1, 0.15) is 19.3 Å². The van der Waals surface area contributed by atoms with Gasteiger partial charge < -0.3 is 10.8 Å². The molecule has 1 aromatic rings. The zero-order chi connectivity index (χ0) is 14.1. The van der Waals surface area contributed by atoms with E-state index in [1.165, 1.54) is 6.07 Å². The monoisotopic (exact) mass is 348 g/mol. The maximum Gasteiger partial charge on any atom is 0.242 e. The van der Waals surface area contributed by atoms with Crippen molar-refractivity contribution in [3.05, 3.63) is 22.7 Å². The van der Waals surface area contributed by atoms with Gasteiger partial charge in [-0.25, -0.2) is 13.1 Å². The molecule has 0 aliphatic heterocycles. The van der Waals surface area contributed by atoms with E-state index in [4.69, 9.17) is 10.8 Å². The molecule has 0 heterocycles. The van der Waals surface area contributed by atoms with Crippen molar-refractivity contribution in [3.8, 4) is 0 Å². The summed E-state index contributed by atoms with van der Waals surface area (Å²) >= 11 is 3.24. The summed E-state index contributed by atoms with van der Waals surface area (Å²) in [5, 5.41) is 8.96. The number of rotatable bonds is 6. The quantitative estimate of drug-likeness (QED) is 0.678. The molecule has 0 unspecified atom stereocenters. The summed E-state index contributed by atoms with van der Waals surface area (Å²) < 4.78 is 27.7. The van der Waals surface area contributed by atoms with Crippen molar-refractivity contribution < 1.29 is 13.5 Å². The Morgan fingerprint density at radius 3 is 2.63 bits per heavy atom. The average molecular weight is 349 g/mol.